The van der Waals surface area contributed by atoms with Crippen LogP contribution in [-0.2, 0) is 11.3 Å². The van der Waals surface area contributed by atoms with Crippen LogP contribution in [0, 0.1) is 11.6 Å². The number of nitrogens with zero attached hydrogens (tertiary/aromatic N) is 1. The summed E-state index contributed by atoms with van der Waals surface area (Å²) in [6.45, 7) is 2.81. The van der Waals surface area contributed by atoms with Gasteiger partial charge in [-0.1, -0.05) is 25.0 Å². The minimum atomic E-state index is -0.805. The fourth-order valence-corrected chi connectivity index (χ4v) is 2.90. The summed E-state index contributed by atoms with van der Waals surface area (Å²) in [5.74, 6) is -1.42. The molecule has 0 amide bonds. The number of Topliss-reactive ketones (excluding diaryl/α,β-unsaturated/α-hetero) is 1. The normalized spacial score (nSPS) is 20.6. The van der Waals surface area contributed by atoms with E-state index >= 15 is 0 Å². The van der Waals surface area contributed by atoms with Gasteiger partial charge in [-0.25, -0.2) is 8.78 Å². The van der Waals surface area contributed by atoms with Gasteiger partial charge in [0.25, 0.3) is 0 Å². The van der Waals surface area contributed by atoms with Crippen molar-refractivity contribution in [1.82, 2.24) is 4.90 Å². The number of likely N-dealkylation sites (tertiary alicyclic amines) is 1. The van der Waals surface area contributed by atoms with Gasteiger partial charge in [-0.15, -0.1) is 0 Å². The molecule has 0 saturated carbocycles. The minimum Gasteiger partial charge on any atom is -0.300 e. The molecule has 0 aromatic heterocycles. The lowest BCUT2D eigenvalue weighted by atomic mass is 10.0. The quantitative estimate of drug-likeness (QED) is 0.839. The Bertz CT molecular complexity index is 476. The summed E-state index contributed by atoms with van der Waals surface area (Å²) in [6.07, 6.45) is 4.73. The molecule has 20 heavy (non-hydrogen) atoms. The smallest absolute Gasteiger partial charge is 0.163 e. The van der Waals surface area contributed by atoms with Crippen molar-refractivity contribution in [2.24, 2.45) is 0 Å². The fraction of sp³-hybridized carbons (Fsp3) is 0.562. The minimum absolute atomic E-state index is 0.151. The van der Waals surface area contributed by atoms with Crippen molar-refractivity contribution >= 4 is 5.78 Å². The Labute approximate surface area is 118 Å². The van der Waals surface area contributed by atoms with Gasteiger partial charge >= 0.3 is 0 Å². The average molecular weight is 281 g/mol. The second-order valence-electron chi connectivity index (χ2n) is 5.59. The maximum Gasteiger partial charge on any atom is 0.163 e. The lowest BCUT2D eigenvalue weighted by molar-refractivity contribution is -0.118. The molecule has 1 aromatic carbocycles. The summed E-state index contributed by atoms with van der Waals surface area (Å²) < 4.78 is 27.1. The number of hydrogen-bond acceptors (Lipinski definition) is 2. The first-order chi connectivity index (χ1) is 9.58. The first-order valence-corrected chi connectivity index (χ1v) is 7.24. The molecule has 0 aliphatic carbocycles. The molecule has 0 radical (unpaired) electrons. The van der Waals surface area contributed by atoms with E-state index in [-0.39, 0.29) is 11.8 Å². The van der Waals surface area contributed by atoms with E-state index in [4.69, 9.17) is 0 Å². The van der Waals surface area contributed by atoms with E-state index < -0.39 is 11.6 Å². The summed E-state index contributed by atoms with van der Waals surface area (Å²) in [5.41, 5.74) is 0.375. The van der Waals surface area contributed by atoms with Crippen LogP contribution < -0.4 is 0 Å². The topological polar surface area (TPSA) is 20.3 Å². The highest BCUT2D eigenvalue weighted by atomic mass is 19.2. The predicted octanol–water partition coefficient (Wildman–Crippen LogP) is 3.69. The highest BCUT2D eigenvalue weighted by Gasteiger charge is 2.23. The zero-order valence-electron chi connectivity index (χ0n) is 11.9. The van der Waals surface area contributed by atoms with Gasteiger partial charge in [-0.2, -0.15) is 0 Å². The fourth-order valence-electron chi connectivity index (χ4n) is 2.90. The first kappa shape index (κ1) is 15.1. The first-order valence-electron chi connectivity index (χ1n) is 7.24. The van der Waals surface area contributed by atoms with Crippen molar-refractivity contribution in [3.05, 3.63) is 35.4 Å². The molecule has 1 atom stereocenters. The number of benzene rings is 1. The molecule has 2 nitrogen and oxygen atoms in total. The van der Waals surface area contributed by atoms with E-state index in [2.05, 4.69) is 4.90 Å². The van der Waals surface area contributed by atoms with Gasteiger partial charge in [0.2, 0.25) is 0 Å². The molecule has 2 rings (SSSR count). The molecule has 1 aromatic rings. The van der Waals surface area contributed by atoms with Crippen molar-refractivity contribution in [2.45, 2.75) is 51.6 Å². The molecule has 110 valence electrons. The Balaban J connectivity index is 2.14. The van der Waals surface area contributed by atoms with Crippen LogP contribution in [0.3, 0.4) is 0 Å². The van der Waals surface area contributed by atoms with E-state index in [1.54, 1.807) is 13.0 Å². The molecule has 1 heterocycles. The van der Waals surface area contributed by atoms with Crippen LogP contribution in [-0.4, -0.2) is 23.3 Å². The van der Waals surface area contributed by atoms with Crippen molar-refractivity contribution in [3.8, 4) is 0 Å². The van der Waals surface area contributed by atoms with Crippen LogP contribution in [0.1, 0.15) is 44.6 Å². The lowest BCUT2D eigenvalue weighted by Gasteiger charge is -2.29. The monoisotopic (exact) mass is 281 g/mol. The number of hydrogen-bond donors (Lipinski definition) is 0. The molecule has 1 saturated heterocycles. The number of rotatable bonds is 4. The molecule has 0 spiro atoms. The van der Waals surface area contributed by atoms with Crippen molar-refractivity contribution in [3.63, 3.8) is 0 Å². The van der Waals surface area contributed by atoms with Crippen LogP contribution in [0.25, 0.3) is 0 Å². The molecule has 1 aliphatic rings. The molecular formula is C16H21F2NO. The SMILES string of the molecule is CC(=O)CC1CCCCCN1Cc1cccc(F)c1F. The second kappa shape index (κ2) is 6.93. The van der Waals surface area contributed by atoms with Crippen LogP contribution in [0.4, 0.5) is 8.78 Å². The standard InChI is InChI=1S/C16H21F2NO/c1-12(20)10-14-7-3-2-4-9-19(14)11-13-6-5-8-15(17)16(13)18/h5-6,8,14H,2-4,7,9-11H2,1H3. The van der Waals surface area contributed by atoms with Gasteiger partial charge in [0.05, 0.1) is 0 Å². The van der Waals surface area contributed by atoms with Crippen LogP contribution in [0.15, 0.2) is 18.2 Å². The average Bonchev–Trinajstić information content (AvgIpc) is 2.60. The zero-order chi connectivity index (χ0) is 14.5. The highest BCUT2D eigenvalue weighted by Crippen LogP contribution is 2.23. The molecule has 0 N–H and O–H groups in total. The maximum atomic E-state index is 13.8. The van der Waals surface area contributed by atoms with Gasteiger partial charge in [0.15, 0.2) is 11.6 Å². The van der Waals surface area contributed by atoms with Gasteiger partial charge in [-0.05, 0) is 32.4 Å². The molecule has 0 bridgehead atoms. The van der Waals surface area contributed by atoms with E-state index in [9.17, 15) is 13.6 Å². The lowest BCUT2D eigenvalue weighted by Crippen LogP contribution is -2.36. The van der Waals surface area contributed by atoms with Crippen LogP contribution in [0.5, 0.6) is 0 Å². The summed E-state index contributed by atoms with van der Waals surface area (Å²) in [7, 11) is 0. The van der Waals surface area contributed by atoms with Gasteiger partial charge < -0.3 is 0 Å². The number of carbonyl (C=O) groups is 1. The Morgan fingerprint density at radius 2 is 2.10 bits per heavy atom. The molecule has 1 aliphatic heterocycles. The van der Waals surface area contributed by atoms with Gasteiger partial charge in [0, 0.05) is 24.6 Å². The molecule has 4 heteroatoms. The molecule has 1 unspecified atom stereocenters. The number of carbonyl (C=O) groups excluding carboxylic acids is 1. The predicted molar refractivity (Wildman–Crippen MR) is 74.3 cm³/mol. The second-order valence-corrected chi connectivity index (χ2v) is 5.59. The molecule has 1 fully saturated rings. The third-order valence-corrected chi connectivity index (χ3v) is 3.93. The van der Waals surface area contributed by atoms with E-state index in [1.807, 2.05) is 0 Å². The van der Waals surface area contributed by atoms with Crippen molar-refractivity contribution < 1.29 is 13.6 Å². The van der Waals surface area contributed by atoms with Gasteiger partial charge in [0.1, 0.15) is 5.78 Å². The largest absolute Gasteiger partial charge is 0.300 e. The third-order valence-electron chi connectivity index (χ3n) is 3.93. The number of ketones is 1. The van der Waals surface area contributed by atoms with Crippen molar-refractivity contribution in [2.75, 3.05) is 6.54 Å². The van der Waals surface area contributed by atoms with Gasteiger partial charge in [-0.3, -0.25) is 9.69 Å². The van der Waals surface area contributed by atoms with Crippen molar-refractivity contribution in [1.29, 1.82) is 0 Å². The van der Waals surface area contributed by atoms with E-state index in [0.29, 0.717) is 18.5 Å². The Morgan fingerprint density at radius 3 is 2.85 bits per heavy atom. The summed E-state index contributed by atoms with van der Waals surface area (Å²) in [4.78, 5) is 13.5. The highest BCUT2D eigenvalue weighted by molar-refractivity contribution is 5.76. The zero-order valence-corrected chi connectivity index (χ0v) is 11.9. The maximum absolute atomic E-state index is 13.8. The molecular weight excluding hydrogens is 260 g/mol. The Morgan fingerprint density at radius 1 is 1.30 bits per heavy atom. The van der Waals surface area contributed by atoms with E-state index in [0.717, 1.165) is 38.3 Å². The Kier molecular flexibility index (Phi) is 5.24. The van der Waals surface area contributed by atoms with Crippen LogP contribution >= 0.6 is 0 Å². The Hall–Kier alpha value is -1.29. The number of halogens is 2. The van der Waals surface area contributed by atoms with Crippen LogP contribution in [0.2, 0.25) is 0 Å². The summed E-state index contributed by atoms with van der Waals surface area (Å²) >= 11 is 0. The van der Waals surface area contributed by atoms with E-state index in [1.165, 1.54) is 6.07 Å². The third kappa shape index (κ3) is 3.85. The summed E-state index contributed by atoms with van der Waals surface area (Å²) in [5, 5.41) is 0. The summed E-state index contributed by atoms with van der Waals surface area (Å²) in [6, 6.07) is 4.44.